The lowest BCUT2D eigenvalue weighted by Gasteiger charge is -2.48. The molecule has 0 aromatic heterocycles. The average Bonchev–Trinajstić information content (AvgIpc) is 3.37. The fourth-order valence-electron chi connectivity index (χ4n) is 8.69. The van der Waals surface area contributed by atoms with Crippen molar-refractivity contribution in [3.63, 3.8) is 0 Å². The molecule has 204 valence electrons. The van der Waals surface area contributed by atoms with Crippen molar-refractivity contribution in [2.75, 3.05) is 33.7 Å². The molecule has 2 saturated heterocycles. The SMILES string of the molecule is CN(C)Cc1cccc2c1CCCC21CNCC1C(=O)N1CCC(c2ccccc2)CC1C1CCCCC1. The number of hydrogen-bond acceptors (Lipinski definition) is 3. The molecule has 1 N–H and O–H groups in total. The van der Waals surface area contributed by atoms with Gasteiger partial charge < -0.3 is 15.1 Å². The normalized spacial score (nSPS) is 30.1. The third-order valence-corrected chi connectivity index (χ3v) is 10.5. The standard InChI is InChI=1S/C34H47N3O/c1-36(2)23-28-15-9-17-30-29(28)16-10-19-34(30)24-35-22-31(34)33(38)37-20-18-27(25-11-5-3-6-12-25)21-32(37)26-13-7-4-8-14-26/h3,5-6,9,11-12,15,17,26-27,31-32,35H,4,7-8,10,13-14,16,18-24H2,1-2H3. The van der Waals surface area contributed by atoms with Crippen molar-refractivity contribution in [2.45, 2.75) is 88.1 Å². The van der Waals surface area contributed by atoms with Gasteiger partial charge in [0.1, 0.15) is 0 Å². The van der Waals surface area contributed by atoms with Crippen LogP contribution in [0.25, 0.3) is 0 Å². The topological polar surface area (TPSA) is 35.6 Å². The summed E-state index contributed by atoms with van der Waals surface area (Å²) in [5, 5.41) is 3.73. The number of nitrogens with one attached hydrogen (secondary N) is 1. The van der Waals surface area contributed by atoms with Crippen LogP contribution in [0.5, 0.6) is 0 Å². The number of nitrogens with zero attached hydrogens (tertiary/aromatic N) is 2. The van der Waals surface area contributed by atoms with Gasteiger partial charge in [-0.25, -0.2) is 0 Å². The molecule has 4 nitrogen and oxygen atoms in total. The second-order valence-electron chi connectivity index (χ2n) is 13.0. The Hall–Kier alpha value is -2.17. The van der Waals surface area contributed by atoms with Crippen molar-refractivity contribution in [3.05, 3.63) is 70.8 Å². The van der Waals surface area contributed by atoms with E-state index in [1.807, 2.05) is 0 Å². The van der Waals surface area contributed by atoms with Crippen LogP contribution in [-0.4, -0.2) is 55.5 Å². The van der Waals surface area contributed by atoms with Crippen LogP contribution in [0.3, 0.4) is 0 Å². The molecule has 38 heavy (non-hydrogen) atoms. The highest BCUT2D eigenvalue weighted by Gasteiger charge is 2.52. The molecule has 1 spiro atoms. The molecule has 4 atom stereocenters. The van der Waals surface area contributed by atoms with E-state index >= 15 is 0 Å². The Morgan fingerprint density at radius 1 is 1.00 bits per heavy atom. The van der Waals surface area contributed by atoms with Crippen LogP contribution >= 0.6 is 0 Å². The van der Waals surface area contributed by atoms with Crippen LogP contribution < -0.4 is 5.32 Å². The fraction of sp³-hybridized carbons (Fsp3) is 0.618. The zero-order chi connectivity index (χ0) is 26.1. The highest BCUT2D eigenvalue weighted by atomic mass is 16.2. The second kappa shape index (κ2) is 11.1. The number of hydrogen-bond donors (Lipinski definition) is 1. The largest absolute Gasteiger partial charge is 0.339 e. The summed E-state index contributed by atoms with van der Waals surface area (Å²) in [5.74, 6) is 1.74. The molecule has 0 bridgehead atoms. The van der Waals surface area contributed by atoms with Gasteiger partial charge in [-0.3, -0.25) is 4.79 Å². The Morgan fingerprint density at radius 2 is 1.82 bits per heavy atom. The van der Waals surface area contributed by atoms with E-state index in [1.165, 1.54) is 60.8 Å². The molecule has 4 unspecified atom stereocenters. The van der Waals surface area contributed by atoms with Crippen LogP contribution in [0.1, 0.15) is 86.0 Å². The number of benzene rings is 2. The van der Waals surface area contributed by atoms with Gasteiger partial charge in [0.05, 0.1) is 5.92 Å². The lowest BCUT2D eigenvalue weighted by molar-refractivity contribution is -0.143. The first-order valence-corrected chi connectivity index (χ1v) is 15.4. The van der Waals surface area contributed by atoms with Gasteiger partial charge in [0.15, 0.2) is 0 Å². The fourth-order valence-corrected chi connectivity index (χ4v) is 8.69. The van der Waals surface area contributed by atoms with Gasteiger partial charge in [-0.1, -0.05) is 67.8 Å². The molecular weight excluding hydrogens is 466 g/mol. The summed E-state index contributed by atoms with van der Waals surface area (Å²) < 4.78 is 0. The first-order valence-electron chi connectivity index (χ1n) is 15.4. The molecule has 3 fully saturated rings. The summed E-state index contributed by atoms with van der Waals surface area (Å²) in [4.78, 5) is 19.4. The molecule has 2 aliphatic heterocycles. The van der Waals surface area contributed by atoms with Gasteiger partial charge in [0, 0.05) is 37.6 Å². The number of rotatable bonds is 5. The van der Waals surface area contributed by atoms with Gasteiger partial charge in [-0.2, -0.15) is 0 Å². The molecule has 1 saturated carbocycles. The van der Waals surface area contributed by atoms with E-state index in [0.29, 0.717) is 23.8 Å². The maximum Gasteiger partial charge on any atom is 0.228 e. The van der Waals surface area contributed by atoms with Gasteiger partial charge in [0.2, 0.25) is 5.91 Å². The highest BCUT2D eigenvalue weighted by Crippen LogP contribution is 2.48. The van der Waals surface area contributed by atoms with Crippen LogP contribution in [0.15, 0.2) is 48.5 Å². The van der Waals surface area contributed by atoms with E-state index < -0.39 is 0 Å². The number of piperidine rings is 1. The van der Waals surface area contributed by atoms with E-state index in [9.17, 15) is 4.79 Å². The maximum atomic E-state index is 14.7. The van der Waals surface area contributed by atoms with Crippen molar-refractivity contribution in [1.82, 2.24) is 15.1 Å². The van der Waals surface area contributed by atoms with E-state index in [0.717, 1.165) is 51.9 Å². The summed E-state index contributed by atoms with van der Waals surface area (Å²) in [6, 6.07) is 18.4. The van der Waals surface area contributed by atoms with Gasteiger partial charge in [-0.15, -0.1) is 0 Å². The predicted molar refractivity (Wildman–Crippen MR) is 155 cm³/mol. The van der Waals surface area contributed by atoms with Crippen LogP contribution in [0.4, 0.5) is 0 Å². The Morgan fingerprint density at radius 3 is 2.61 bits per heavy atom. The second-order valence-corrected chi connectivity index (χ2v) is 13.0. The van der Waals surface area contributed by atoms with Gasteiger partial charge >= 0.3 is 0 Å². The molecule has 2 aromatic carbocycles. The summed E-state index contributed by atoms with van der Waals surface area (Å²) in [6.07, 6.45) is 12.3. The first kappa shape index (κ1) is 26.1. The Kier molecular flexibility index (Phi) is 7.64. The monoisotopic (exact) mass is 513 g/mol. The first-order chi connectivity index (χ1) is 18.6. The van der Waals surface area contributed by atoms with Crippen LogP contribution in [-0.2, 0) is 23.2 Å². The predicted octanol–water partition coefficient (Wildman–Crippen LogP) is 5.90. The van der Waals surface area contributed by atoms with E-state index in [-0.39, 0.29) is 11.3 Å². The molecule has 2 heterocycles. The average molecular weight is 514 g/mol. The molecule has 1 amide bonds. The number of carbonyl (C=O) groups excluding carboxylic acids is 1. The highest BCUT2D eigenvalue weighted by molar-refractivity contribution is 5.82. The van der Waals surface area contributed by atoms with E-state index in [4.69, 9.17) is 0 Å². The van der Waals surface area contributed by atoms with Crippen molar-refractivity contribution in [3.8, 4) is 0 Å². The molecular formula is C34H47N3O. The van der Waals surface area contributed by atoms with Crippen molar-refractivity contribution < 1.29 is 4.79 Å². The molecule has 6 rings (SSSR count). The summed E-state index contributed by atoms with van der Waals surface area (Å²) in [7, 11) is 4.32. The van der Waals surface area contributed by atoms with Crippen molar-refractivity contribution >= 4 is 5.91 Å². The van der Waals surface area contributed by atoms with Crippen molar-refractivity contribution in [2.24, 2.45) is 11.8 Å². The maximum absolute atomic E-state index is 14.7. The lowest BCUT2D eigenvalue weighted by Crippen LogP contribution is -2.55. The molecule has 4 aliphatic rings. The molecule has 4 heteroatoms. The minimum Gasteiger partial charge on any atom is -0.339 e. The number of carbonyl (C=O) groups is 1. The number of likely N-dealkylation sites (tertiary alicyclic amines) is 1. The summed E-state index contributed by atoms with van der Waals surface area (Å²) >= 11 is 0. The quantitative estimate of drug-likeness (QED) is 0.541. The lowest BCUT2D eigenvalue weighted by atomic mass is 9.63. The summed E-state index contributed by atoms with van der Waals surface area (Å²) in [6.45, 7) is 3.66. The Labute approximate surface area is 230 Å². The minimum absolute atomic E-state index is 0.0514. The molecule has 2 aliphatic carbocycles. The molecule has 0 radical (unpaired) electrons. The smallest absolute Gasteiger partial charge is 0.228 e. The summed E-state index contributed by atoms with van der Waals surface area (Å²) in [5.41, 5.74) is 5.86. The van der Waals surface area contributed by atoms with E-state index in [1.54, 1.807) is 0 Å². The molecule has 2 aromatic rings. The third kappa shape index (κ3) is 4.84. The number of amides is 1. The van der Waals surface area contributed by atoms with E-state index in [2.05, 4.69) is 77.7 Å². The minimum atomic E-state index is -0.0552. The van der Waals surface area contributed by atoms with Gasteiger partial charge in [-0.05, 0) is 93.1 Å². The number of fused-ring (bicyclic) bond motifs is 2. The Bertz CT molecular complexity index is 1110. The van der Waals surface area contributed by atoms with Gasteiger partial charge in [0.25, 0.3) is 0 Å². The zero-order valence-electron chi connectivity index (χ0n) is 23.6. The van der Waals surface area contributed by atoms with Crippen molar-refractivity contribution in [1.29, 1.82) is 0 Å². The Balaban J connectivity index is 1.31. The van der Waals surface area contributed by atoms with Crippen LogP contribution in [0, 0.1) is 11.8 Å². The zero-order valence-corrected chi connectivity index (χ0v) is 23.6. The third-order valence-electron chi connectivity index (χ3n) is 10.5. The van der Waals surface area contributed by atoms with Crippen LogP contribution in [0.2, 0.25) is 0 Å².